The van der Waals surface area contributed by atoms with Crippen LogP contribution in [0.3, 0.4) is 0 Å². The summed E-state index contributed by atoms with van der Waals surface area (Å²) >= 11 is 0. The second-order valence-electron chi connectivity index (χ2n) is 10.3. The normalized spacial score (nSPS) is 17.4. The van der Waals surface area contributed by atoms with E-state index in [1.165, 1.54) is 18.3 Å². The molecule has 0 bridgehead atoms. The number of alkyl halides is 3. The van der Waals surface area contributed by atoms with Crippen molar-refractivity contribution in [2.24, 2.45) is 5.92 Å². The summed E-state index contributed by atoms with van der Waals surface area (Å²) in [5.74, 6) is -2.67. The number of anilines is 3. The van der Waals surface area contributed by atoms with Gasteiger partial charge in [-0.05, 0) is 61.8 Å². The van der Waals surface area contributed by atoms with Crippen molar-refractivity contribution in [3.8, 4) is 0 Å². The molecule has 3 aromatic rings. The molecule has 0 atom stereocenters. The Bertz CT molecular complexity index is 1390. The van der Waals surface area contributed by atoms with E-state index < -0.39 is 41.7 Å². The Morgan fingerprint density at radius 3 is 2.37 bits per heavy atom. The van der Waals surface area contributed by atoms with E-state index in [4.69, 9.17) is 4.52 Å². The lowest BCUT2D eigenvalue weighted by atomic mass is 9.86. The zero-order valence-corrected chi connectivity index (χ0v) is 22.4. The van der Waals surface area contributed by atoms with Gasteiger partial charge >= 0.3 is 18.1 Å². The van der Waals surface area contributed by atoms with Gasteiger partial charge in [-0.3, -0.25) is 14.6 Å². The topological polar surface area (TPSA) is 103 Å². The average Bonchev–Trinajstić information content (AvgIpc) is 3.34. The predicted octanol–water partition coefficient (Wildman–Crippen LogP) is 5.38. The molecule has 1 fully saturated rings. The van der Waals surface area contributed by atoms with Crippen LogP contribution in [0.15, 0.2) is 47.1 Å². The van der Waals surface area contributed by atoms with Crippen molar-refractivity contribution in [1.82, 2.24) is 10.2 Å². The molecule has 0 radical (unpaired) electrons. The highest BCUT2D eigenvalue weighted by Crippen LogP contribution is 2.34. The highest BCUT2D eigenvalue weighted by Gasteiger charge is 2.33. The van der Waals surface area contributed by atoms with Crippen LogP contribution in [-0.4, -0.2) is 42.7 Å². The summed E-state index contributed by atoms with van der Waals surface area (Å²) in [6.07, 6.45) is -0.0664. The molecule has 4 rings (SSSR count). The molecular formula is C27H30F5N6O3+. The number of rotatable bonds is 8. The van der Waals surface area contributed by atoms with Gasteiger partial charge in [-0.25, -0.2) is 13.6 Å². The van der Waals surface area contributed by atoms with Crippen molar-refractivity contribution in [3.63, 3.8) is 0 Å². The average molecular weight is 582 g/mol. The van der Waals surface area contributed by atoms with E-state index >= 15 is 0 Å². The lowest BCUT2D eigenvalue weighted by Crippen LogP contribution is -2.43. The van der Waals surface area contributed by atoms with Gasteiger partial charge in [0, 0.05) is 36.3 Å². The minimum Gasteiger partial charge on any atom is -0.326 e. The van der Waals surface area contributed by atoms with E-state index in [2.05, 4.69) is 26.1 Å². The van der Waals surface area contributed by atoms with Crippen LogP contribution in [0.5, 0.6) is 0 Å². The van der Waals surface area contributed by atoms with Crippen LogP contribution >= 0.6 is 0 Å². The van der Waals surface area contributed by atoms with Crippen LogP contribution in [-0.2, 0) is 17.4 Å². The number of carbonyl (C=O) groups is 2. The van der Waals surface area contributed by atoms with Gasteiger partial charge in [-0.15, -0.1) is 0 Å². The number of halogens is 5. The summed E-state index contributed by atoms with van der Waals surface area (Å²) < 4.78 is 74.7. The van der Waals surface area contributed by atoms with Gasteiger partial charge in [-0.2, -0.15) is 13.2 Å². The Hall–Kier alpha value is -4.07. The summed E-state index contributed by atoms with van der Waals surface area (Å²) in [5, 5.41) is 10.9. The van der Waals surface area contributed by atoms with E-state index in [9.17, 15) is 31.5 Å². The lowest BCUT2D eigenvalue weighted by molar-refractivity contribution is -0.787. The second kappa shape index (κ2) is 12.6. The number of benzene rings is 2. The molecule has 220 valence electrons. The second-order valence-corrected chi connectivity index (χ2v) is 10.3. The molecule has 0 unspecified atom stereocenters. The SMILES string of the molecule is CN(C)CC1CCC([n+]2cc(NC(=O)Nc3cc(NC(=O)Cc4cccc(F)c4F)cc(C(F)(F)F)c3)on2)CC1. The van der Waals surface area contributed by atoms with Crippen LogP contribution in [0.25, 0.3) is 0 Å². The maximum absolute atomic E-state index is 13.9. The van der Waals surface area contributed by atoms with Gasteiger partial charge in [0.25, 0.3) is 6.20 Å². The lowest BCUT2D eigenvalue weighted by Gasteiger charge is -2.26. The molecule has 1 saturated carbocycles. The minimum atomic E-state index is -4.80. The standard InChI is InChI=1S/C27H29F5N6O3/c1-37(2)14-16-6-8-21(9-7-16)38-15-24(41-36-38)35-26(40)34-20-12-18(27(30,31)32)11-19(13-20)33-23(39)10-17-4-3-5-22(28)25(17)29/h3-5,11-13,15-16,21H,6-10,14H2,1-2H3,(H2-,33,34,35,36,39,40)/p+1. The van der Waals surface area contributed by atoms with Crippen LogP contribution in [0.1, 0.15) is 42.9 Å². The maximum atomic E-state index is 13.9. The Balaban J connectivity index is 1.40. The zero-order valence-electron chi connectivity index (χ0n) is 22.4. The van der Waals surface area contributed by atoms with E-state index in [0.29, 0.717) is 18.1 Å². The van der Waals surface area contributed by atoms with E-state index in [-0.39, 0.29) is 28.9 Å². The van der Waals surface area contributed by atoms with Crippen LogP contribution < -0.4 is 20.6 Å². The van der Waals surface area contributed by atoms with Crippen LogP contribution in [0.2, 0.25) is 0 Å². The first-order chi connectivity index (χ1) is 19.4. The fraction of sp³-hybridized carbons (Fsp3) is 0.407. The third-order valence-electron chi connectivity index (χ3n) is 6.72. The number of hydrogen-bond donors (Lipinski definition) is 3. The molecule has 0 aliphatic heterocycles. The fourth-order valence-electron chi connectivity index (χ4n) is 4.87. The molecule has 2 aromatic carbocycles. The van der Waals surface area contributed by atoms with E-state index in [1.54, 1.807) is 4.68 Å². The van der Waals surface area contributed by atoms with Crippen molar-refractivity contribution in [2.45, 2.75) is 44.3 Å². The molecule has 0 saturated heterocycles. The molecule has 3 N–H and O–H groups in total. The highest BCUT2D eigenvalue weighted by atomic mass is 19.4. The van der Waals surface area contributed by atoms with Gasteiger partial charge < -0.3 is 15.5 Å². The molecule has 1 heterocycles. The Kier molecular flexibility index (Phi) is 9.21. The predicted molar refractivity (Wildman–Crippen MR) is 139 cm³/mol. The summed E-state index contributed by atoms with van der Waals surface area (Å²) in [4.78, 5) is 27.1. The number of amides is 3. The minimum absolute atomic E-state index is 0.00413. The molecule has 1 aromatic heterocycles. The molecule has 9 nitrogen and oxygen atoms in total. The number of nitrogens with zero attached hydrogens (tertiary/aromatic N) is 3. The van der Waals surface area contributed by atoms with Gasteiger partial charge in [0.05, 0.1) is 12.0 Å². The largest absolute Gasteiger partial charge is 0.416 e. The van der Waals surface area contributed by atoms with Gasteiger partial charge in [0.2, 0.25) is 11.2 Å². The van der Waals surface area contributed by atoms with Crippen LogP contribution in [0.4, 0.5) is 44.0 Å². The van der Waals surface area contributed by atoms with Crippen LogP contribution in [0, 0.1) is 17.6 Å². The first kappa shape index (κ1) is 29.9. The molecule has 0 spiro atoms. The van der Waals surface area contributed by atoms with Crippen molar-refractivity contribution < 1.29 is 40.7 Å². The monoisotopic (exact) mass is 581 g/mol. The van der Waals surface area contributed by atoms with Gasteiger partial charge in [-0.1, -0.05) is 12.1 Å². The third-order valence-corrected chi connectivity index (χ3v) is 6.72. The van der Waals surface area contributed by atoms with Gasteiger partial charge in [0.1, 0.15) is 0 Å². The first-order valence-electron chi connectivity index (χ1n) is 12.9. The first-order valence-corrected chi connectivity index (χ1v) is 12.9. The zero-order chi connectivity index (χ0) is 29.7. The summed E-state index contributed by atoms with van der Waals surface area (Å²) in [6, 6.07) is 4.92. The Morgan fingerprint density at radius 1 is 1.02 bits per heavy atom. The van der Waals surface area contributed by atoms with Crippen molar-refractivity contribution in [1.29, 1.82) is 0 Å². The summed E-state index contributed by atoms with van der Waals surface area (Å²) in [5.41, 5.74) is -2.00. The Morgan fingerprint density at radius 2 is 1.71 bits per heavy atom. The smallest absolute Gasteiger partial charge is 0.326 e. The maximum Gasteiger partial charge on any atom is 0.416 e. The van der Waals surface area contributed by atoms with Crippen molar-refractivity contribution >= 4 is 29.2 Å². The van der Waals surface area contributed by atoms with Gasteiger partial charge in [0.15, 0.2) is 17.7 Å². The number of hydrogen-bond acceptors (Lipinski definition) is 5. The van der Waals surface area contributed by atoms with E-state index in [1.807, 2.05) is 14.1 Å². The molecule has 1 aliphatic carbocycles. The number of nitrogens with one attached hydrogen (secondary N) is 3. The molecule has 14 heteroatoms. The fourth-order valence-corrected chi connectivity index (χ4v) is 4.87. The summed E-state index contributed by atoms with van der Waals surface area (Å²) in [7, 11) is 4.07. The summed E-state index contributed by atoms with van der Waals surface area (Å²) in [6.45, 7) is 1.01. The molecule has 41 heavy (non-hydrogen) atoms. The van der Waals surface area contributed by atoms with Crippen molar-refractivity contribution in [3.05, 3.63) is 65.4 Å². The third kappa shape index (κ3) is 8.22. The number of carbonyl (C=O) groups excluding carboxylic acids is 2. The molecule has 3 amide bonds. The quantitative estimate of drug-likeness (QED) is 0.245. The van der Waals surface area contributed by atoms with Crippen molar-refractivity contribution in [2.75, 3.05) is 36.6 Å². The molecular weight excluding hydrogens is 551 g/mol. The number of urea groups is 1. The number of aromatic nitrogens is 2. The highest BCUT2D eigenvalue weighted by molar-refractivity contribution is 6.00. The Labute approximate surface area is 232 Å². The molecule has 1 aliphatic rings. The van der Waals surface area contributed by atoms with E-state index in [0.717, 1.165) is 44.4 Å².